The van der Waals surface area contributed by atoms with Gasteiger partial charge in [0.25, 0.3) is 0 Å². The van der Waals surface area contributed by atoms with E-state index in [0.717, 1.165) is 70.3 Å². The van der Waals surface area contributed by atoms with Crippen LogP contribution in [-0.4, -0.2) is 101 Å². The van der Waals surface area contributed by atoms with Gasteiger partial charge in [-0.25, -0.2) is 4.79 Å². The predicted octanol–water partition coefficient (Wildman–Crippen LogP) is 0.424. The fourth-order valence-electron chi connectivity index (χ4n) is 3.69. The number of carbonyl (C=O) groups is 1. The first kappa shape index (κ1) is 18.1. The summed E-state index contributed by atoms with van der Waals surface area (Å²) in [7, 11) is 7.87. The topological polar surface area (TPSA) is 60.7 Å². The third kappa shape index (κ3) is 4.12. The van der Waals surface area contributed by atoms with Crippen LogP contribution in [0.3, 0.4) is 0 Å². The normalized spacial score (nSPS) is 20.9. The van der Waals surface area contributed by atoms with E-state index in [2.05, 4.69) is 38.7 Å². The van der Waals surface area contributed by atoms with Crippen molar-refractivity contribution in [1.82, 2.24) is 34.4 Å². The third-order valence-electron chi connectivity index (χ3n) is 5.47. The molecule has 3 heterocycles. The van der Waals surface area contributed by atoms with E-state index in [0.29, 0.717) is 5.92 Å². The molecule has 2 aliphatic rings. The van der Waals surface area contributed by atoms with E-state index < -0.39 is 0 Å². The number of nitrogens with zero attached hydrogens (tertiary/aromatic N) is 7. The fourth-order valence-corrected chi connectivity index (χ4v) is 3.69. The molecule has 1 aromatic heterocycles. The second kappa shape index (κ2) is 7.70. The number of carbonyl (C=O) groups excluding carboxylic acids is 1. The number of piperazine rings is 1. The van der Waals surface area contributed by atoms with E-state index in [4.69, 9.17) is 0 Å². The number of urea groups is 1. The van der Waals surface area contributed by atoms with Crippen LogP contribution in [0.25, 0.3) is 0 Å². The van der Waals surface area contributed by atoms with Gasteiger partial charge in [0.15, 0.2) is 0 Å². The van der Waals surface area contributed by atoms with Crippen molar-refractivity contribution in [2.75, 3.05) is 60.4 Å². The summed E-state index contributed by atoms with van der Waals surface area (Å²) in [4.78, 5) is 20.5. The molecular weight excluding hydrogens is 318 g/mol. The number of likely N-dealkylation sites (tertiary alicyclic amines) is 1. The lowest BCUT2D eigenvalue weighted by Crippen LogP contribution is -2.44. The molecule has 2 amide bonds. The highest BCUT2D eigenvalue weighted by Crippen LogP contribution is 2.27. The summed E-state index contributed by atoms with van der Waals surface area (Å²) < 4.78 is 2.17. The standard InChI is InChI=1S/C17H31N7O/c1-20(2)17(25)24-7-5-14(6-8-24)16-19-18-15(22(16)4)13-23-11-9-21(3)10-12-23/h14H,5-13H2,1-4H3. The maximum absolute atomic E-state index is 12.1. The van der Waals surface area contributed by atoms with Crippen LogP contribution in [0.15, 0.2) is 0 Å². The summed E-state index contributed by atoms with van der Waals surface area (Å²) in [6.07, 6.45) is 1.92. The van der Waals surface area contributed by atoms with Gasteiger partial charge in [0.1, 0.15) is 11.6 Å². The molecule has 2 saturated heterocycles. The molecular formula is C17H31N7O. The minimum Gasteiger partial charge on any atom is -0.331 e. The Morgan fingerprint density at radius 3 is 2.28 bits per heavy atom. The van der Waals surface area contributed by atoms with Crippen molar-refractivity contribution in [3.8, 4) is 0 Å². The van der Waals surface area contributed by atoms with Gasteiger partial charge in [-0.1, -0.05) is 0 Å². The van der Waals surface area contributed by atoms with Crippen LogP contribution in [0.5, 0.6) is 0 Å². The minimum atomic E-state index is 0.104. The fraction of sp³-hybridized carbons (Fsp3) is 0.824. The average molecular weight is 349 g/mol. The Hall–Kier alpha value is -1.67. The Balaban J connectivity index is 1.57. The summed E-state index contributed by atoms with van der Waals surface area (Å²) in [5.41, 5.74) is 0. The van der Waals surface area contributed by atoms with Gasteiger partial charge in [-0.05, 0) is 19.9 Å². The molecule has 140 valence electrons. The number of rotatable bonds is 3. The van der Waals surface area contributed by atoms with Crippen molar-refractivity contribution >= 4 is 6.03 Å². The molecule has 0 atom stereocenters. The molecule has 0 aromatic carbocycles. The molecule has 0 aliphatic carbocycles. The summed E-state index contributed by atoms with van der Waals surface area (Å²) in [6.45, 7) is 6.86. The van der Waals surface area contributed by atoms with Gasteiger partial charge in [0, 0.05) is 66.3 Å². The van der Waals surface area contributed by atoms with Crippen LogP contribution >= 0.6 is 0 Å². The Morgan fingerprint density at radius 2 is 1.68 bits per heavy atom. The number of amides is 2. The van der Waals surface area contributed by atoms with E-state index in [1.165, 1.54) is 0 Å². The van der Waals surface area contributed by atoms with Crippen molar-refractivity contribution in [3.05, 3.63) is 11.6 Å². The van der Waals surface area contributed by atoms with Crippen LogP contribution in [0.2, 0.25) is 0 Å². The number of hydrogen-bond acceptors (Lipinski definition) is 5. The quantitative estimate of drug-likeness (QED) is 0.792. The van der Waals surface area contributed by atoms with Crippen LogP contribution < -0.4 is 0 Å². The Labute approximate surface area is 150 Å². The number of likely N-dealkylation sites (N-methyl/N-ethyl adjacent to an activating group) is 1. The largest absolute Gasteiger partial charge is 0.331 e. The average Bonchev–Trinajstić information content (AvgIpc) is 2.97. The highest BCUT2D eigenvalue weighted by Gasteiger charge is 2.28. The molecule has 0 spiro atoms. The summed E-state index contributed by atoms with van der Waals surface area (Å²) in [6, 6.07) is 0.104. The summed E-state index contributed by atoms with van der Waals surface area (Å²) in [5, 5.41) is 8.94. The highest BCUT2D eigenvalue weighted by atomic mass is 16.2. The van der Waals surface area contributed by atoms with Crippen molar-refractivity contribution in [2.24, 2.45) is 7.05 Å². The van der Waals surface area contributed by atoms with Crippen LogP contribution in [0.1, 0.15) is 30.4 Å². The molecule has 2 fully saturated rings. The lowest BCUT2D eigenvalue weighted by atomic mass is 9.96. The SMILES string of the molecule is CN1CCN(Cc2nnc(C3CCN(C(=O)N(C)C)CC3)n2C)CC1. The zero-order valence-corrected chi connectivity index (χ0v) is 16.0. The summed E-state index contributed by atoms with van der Waals surface area (Å²) >= 11 is 0. The molecule has 0 unspecified atom stereocenters. The molecule has 2 aliphatic heterocycles. The smallest absolute Gasteiger partial charge is 0.319 e. The maximum atomic E-state index is 12.1. The second-order valence-electron chi connectivity index (χ2n) is 7.55. The Morgan fingerprint density at radius 1 is 1.04 bits per heavy atom. The summed E-state index contributed by atoms with van der Waals surface area (Å²) in [5.74, 6) is 2.51. The van der Waals surface area contributed by atoms with Gasteiger partial charge in [-0.2, -0.15) is 0 Å². The number of hydrogen-bond donors (Lipinski definition) is 0. The molecule has 25 heavy (non-hydrogen) atoms. The van der Waals surface area contributed by atoms with Gasteiger partial charge < -0.3 is 19.3 Å². The van der Waals surface area contributed by atoms with Gasteiger partial charge in [-0.3, -0.25) is 4.90 Å². The Kier molecular flexibility index (Phi) is 5.58. The predicted molar refractivity (Wildman–Crippen MR) is 96.4 cm³/mol. The molecule has 0 saturated carbocycles. The van der Waals surface area contributed by atoms with Gasteiger partial charge in [-0.15, -0.1) is 10.2 Å². The van der Waals surface area contributed by atoms with Crippen molar-refractivity contribution in [3.63, 3.8) is 0 Å². The third-order valence-corrected chi connectivity index (χ3v) is 5.47. The highest BCUT2D eigenvalue weighted by molar-refractivity contribution is 5.73. The van der Waals surface area contributed by atoms with Crippen molar-refractivity contribution in [2.45, 2.75) is 25.3 Å². The number of aromatic nitrogens is 3. The van der Waals surface area contributed by atoms with Gasteiger partial charge in [0.2, 0.25) is 0 Å². The van der Waals surface area contributed by atoms with E-state index >= 15 is 0 Å². The van der Waals surface area contributed by atoms with E-state index in [1.54, 1.807) is 4.90 Å². The number of piperidine rings is 1. The lowest BCUT2D eigenvalue weighted by Gasteiger charge is -2.33. The lowest BCUT2D eigenvalue weighted by molar-refractivity contribution is 0.144. The first-order valence-corrected chi connectivity index (χ1v) is 9.21. The Bertz CT molecular complexity index is 584. The van der Waals surface area contributed by atoms with Crippen molar-refractivity contribution < 1.29 is 4.79 Å². The molecule has 0 radical (unpaired) electrons. The molecule has 8 heteroatoms. The van der Waals surface area contributed by atoms with Gasteiger partial charge in [0.05, 0.1) is 6.54 Å². The van der Waals surface area contributed by atoms with Crippen LogP contribution in [0, 0.1) is 0 Å². The molecule has 0 N–H and O–H groups in total. The molecule has 1 aromatic rings. The van der Waals surface area contributed by atoms with E-state index in [-0.39, 0.29) is 6.03 Å². The minimum absolute atomic E-state index is 0.104. The molecule has 0 bridgehead atoms. The van der Waals surface area contributed by atoms with Crippen molar-refractivity contribution in [1.29, 1.82) is 0 Å². The maximum Gasteiger partial charge on any atom is 0.319 e. The van der Waals surface area contributed by atoms with Crippen LogP contribution in [-0.2, 0) is 13.6 Å². The van der Waals surface area contributed by atoms with E-state index in [1.807, 2.05) is 19.0 Å². The first-order chi connectivity index (χ1) is 12.0. The first-order valence-electron chi connectivity index (χ1n) is 9.21. The monoisotopic (exact) mass is 349 g/mol. The second-order valence-corrected chi connectivity index (χ2v) is 7.55. The molecule has 3 rings (SSSR count). The van der Waals surface area contributed by atoms with Gasteiger partial charge >= 0.3 is 6.03 Å². The van der Waals surface area contributed by atoms with E-state index in [9.17, 15) is 4.79 Å². The zero-order chi connectivity index (χ0) is 18.0. The molecule has 8 nitrogen and oxygen atoms in total. The zero-order valence-electron chi connectivity index (χ0n) is 16.0. The van der Waals surface area contributed by atoms with Crippen LogP contribution in [0.4, 0.5) is 4.79 Å².